The minimum Gasteiger partial charge on any atom is -0.406 e. The Morgan fingerprint density at radius 3 is 2.03 bits per heavy atom. The third-order valence-electron chi connectivity index (χ3n) is 6.31. The van der Waals surface area contributed by atoms with Crippen LogP contribution in [-0.4, -0.2) is 91.5 Å². The molecule has 2 saturated heterocycles. The first-order chi connectivity index (χ1) is 16.1. The number of nitrogens with zero attached hydrogens (tertiary/aromatic N) is 5. The third kappa shape index (κ3) is 6.43. The van der Waals surface area contributed by atoms with Crippen LogP contribution in [0.25, 0.3) is 5.69 Å². The van der Waals surface area contributed by atoms with Crippen LogP contribution in [0.15, 0.2) is 30.3 Å². The van der Waals surface area contributed by atoms with Crippen molar-refractivity contribution >= 4 is 5.82 Å². The molecule has 1 aromatic carbocycles. The van der Waals surface area contributed by atoms with Gasteiger partial charge in [-0.2, -0.15) is 0 Å². The van der Waals surface area contributed by atoms with Gasteiger partial charge in [0.25, 0.3) is 0 Å². The number of aromatic nitrogens is 2. The van der Waals surface area contributed by atoms with Gasteiger partial charge in [0, 0.05) is 63.8 Å². The van der Waals surface area contributed by atoms with Crippen molar-refractivity contribution in [1.29, 1.82) is 0 Å². The van der Waals surface area contributed by atoms with Crippen molar-refractivity contribution in [1.82, 2.24) is 19.6 Å². The fraction of sp³-hybridized carbons (Fsp3) is 0.625. The van der Waals surface area contributed by atoms with Gasteiger partial charge in [-0.3, -0.25) is 9.80 Å². The Kier molecular flexibility index (Phi) is 7.39. The predicted octanol–water partition coefficient (Wildman–Crippen LogP) is 3.52. The van der Waals surface area contributed by atoms with E-state index in [0.717, 1.165) is 77.1 Å². The molecule has 0 N–H and O–H groups in total. The first kappa shape index (κ1) is 24.8. The molecule has 34 heavy (non-hydrogen) atoms. The van der Waals surface area contributed by atoms with E-state index < -0.39 is 6.36 Å². The number of morpholine rings is 1. The number of ether oxygens (including phenoxy) is 2. The number of hydrogen-bond donors (Lipinski definition) is 0. The quantitative estimate of drug-likeness (QED) is 0.629. The molecule has 4 rings (SSSR count). The molecule has 0 saturated carbocycles. The van der Waals surface area contributed by atoms with Gasteiger partial charge in [-0.1, -0.05) is 20.8 Å². The van der Waals surface area contributed by atoms with Crippen LogP contribution in [0.4, 0.5) is 19.0 Å². The topological polar surface area (TPSA) is 46.0 Å². The minimum absolute atomic E-state index is 0.188. The zero-order valence-corrected chi connectivity index (χ0v) is 20.1. The summed E-state index contributed by atoms with van der Waals surface area (Å²) < 4.78 is 48.8. The molecular weight excluding hydrogens is 447 g/mol. The summed E-state index contributed by atoms with van der Waals surface area (Å²) in [4.78, 5) is 7.24. The molecule has 0 amide bonds. The molecule has 2 aliphatic rings. The minimum atomic E-state index is -4.71. The van der Waals surface area contributed by atoms with Gasteiger partial charge in [0.15, 0.2) is 5.82 Å². The molecule has 0 spiro atoms. The van der Waals surface area contributed by atoms with E-state index in [4.69, 9.17) is 9.84 Å². The van der Waals surface area contributed by atoms with Crippen LogP contribution >= 0.6 is 0 Å². The number of piperazine rings is 1. The van der Waals surface area contributed by atoms with Crippen molar-refractivity contribution in [3.8, 4) is 11.4 Å². The lowest BCUT2D eigenvalue weighted by Crippen LogP contribution is -2.49. The molecule has 0 atom stereocenters. The normalized spacial score (nSPS) is 18.9. The molecule has 0 bridgehead atoms. The lowest BCUT2D eigenvalue weighted by Gasteiger charge is -2.36. The largest absolute Gasteiger partial charge is 0.573 e. The maximum Gasteiger partial charge on any atom is 0.573 e. The highest BCUT2D eigenvalue weighted by Crippen LogP contribution is 2.31. The van der Waals surface area contributed by atoms with Gasteiger partial charge in [0.2, 0.25) is 0 Å². The molecule has 0 radical (unpaired) electrons. The van der Waals surface area contributed by atoms with Gasteiger partial charge in [0.05, 0.1) is 24.6 Å². The molecule has 1 aromatic heterocycles. The van der Waals surface area contributed by atoms with E-state index in [-0.39, 0.29) is 11.2 Å². The van der Waals surface area contributed by atoms with Crippen LogP contribution in [0.3, 0.4) is 0 Å². The summed E-state index contributed by atoms with van der Waals surface area (Å²) in [5, 5.41) is 4.86. The van der Waals surface area contributed by atoms with Crippen molar-refractivity contribution in [2.24, 2.45) is 0 Å². The Morgan fingerprint density at radius 2 is 1.47 bits per heavy atom. The second kappa shape index (κ2) is 10.1. The van der Waals surface area contributed by atoms with Crippen molar-refractivity contribution in [2.75, 3.05) is 70.5 Å². The smallest absolute Gasteiger partial charge is 0.406 e. The van der Waals surface area contributed by atoms with Gasteiger partial charge >= 0.3 is 6.36 Å². The highest BCUT2D eigenvalue weighted by Gasteiger charge is 2.31. The Morgan fingerprint density at radius 1 is 0.882 bits per heavy atom. The summed E-state index contributed by atoms with van der Waals surface area (Å²) in [5.74, 6) is 0.655. The molecule has 0 aliphatic carbocycles. The van der Waals surface area contributed by atoms with Crippen LogP contribution in [0.5, 0.6) is 5.75 Å². The summed E-state index contributed by atoms with van der Waals surface area (Å²) in [7, 11) is 0. The zero-order valence-electron chi connectivity index (χ0n) is 20.1. The molecule has 0 unspecified atom stereocenters. The summed E-state index contributed by atoms with van der Waals surface area (Å²) >= 11 is 0. The van der Waals surface area contributed by atoms with E-state index in [1.54, 1.807) is 12.1 Å². The number of anilines is 1. The molecule has 2 aliphatic heterocycles. The van der Waals surface area contributed by atoms with Crippen LogP contribution in [0.1, 0.15) is 26.5 Å². The van der Waals surface area contributed by atoms with Crippen molar-refractivity contribution < 1.29 is 22.6 Å². The predicted molar refractivity (Wildman–Crippen MR) is 125 cm³/mol. The number of rotatable bonds is 6. The van der Waals surface area contributed by atoms with Crippen LogP contribution in [0.2, 0.25) is 0 Å². The zero-order chi connectivity index (χ0) is 24.3. The Labute approximate surface area is 199 Å². The Bertz CT molecular complexity index is 926. The third-order valence-corrected chi connectivity index (χ3v) is 6.31. The number of benzene rings is 1. The number of halogens is 3. The van der Waals surface area contributed by atoms with E-state index in [9.17, 15) is 13.2 Å². The first-order valence-electron chi connectivity index (χ1n) is 11.8. The summed E-state index contributed by atoms with van der Waals surface area (Å²) in [6.07, 6.45) is -4.71. The van der Waals surface area contributed by atoms with E-state index >= 15 is 0 Å². The molecule has 10 heteroatoms. The summed E-state index contributed by atoms with van der Waals surface area (Å²) in [6, 6.07) is 7.96. The molecule has 7 nitrogen and oxygen atoms in total. The van der Waals surface area contributed by atoms with Crippen molar-refractivity contribution in [3.05, 3.63) is 36.0 Å². The SMILES string of the molecule is CC(C)(C)c1cc(N2CCN(CCN3CCOCC3)CC2)nn1-c1ccc(OC(F)(F)F)cc1. The maximum absolute atomic E-state index is 12.5. The van der Waals surface area contributed by atoms with E-state index in [0.29, 0.717) is 5.69 Å². The summed E-state index contributed by atoms with van der Waals surface area (Å²) in [6.45, 7) is 15.9. The highest BCUT2D eigenvalue weighted by molar-refractivity contribution is 5.47. The highest BCUT2D eigenvalue weighted by atomic mass is 19.4. The number of alkyl halides is 3. The molecule has 2 aromatic rings. The standard InChI is InChI=1S/C24H34F3N5O2/c1-23(2,3)21-18-22(28-32(21)19-4-6-20(7-5-19)34-24(25,26)27)31-12-10-29(11-13-31)8-9-30-14-16-33-17-15-30/h4-7,18H,8-17H2,1-3H3. The molecule has 188 valence electrons. The molecule has 2 fully saturated rings. The molecular formula is C24H34F3N5O2. The first-order valence-corrected chi connectivity index (χ1v) is 11.8. The average molecular weight is 482 g/mol. The monoisotopic (exact) mass is 481 g/mol. The second-order valence-electron chi connectivity index (χ2n) is 9.87. The number of hydrogen-bond acceptors (Lipinski definition) is 6. The van der Waals surface area contributed by atoms with Crippen molar-refractivity contribution in [2.45, 2.75) is 32.5 Å². The van der Waals surface area contributed by atoms with Crippen LogP contribution in [-0.2, 0) is 10.2 Å². The van der Waals surface area contributed by atoms with E-state index in [2.05, 4.69) is 46.3 Å². The van der Waals surface area contributed by atoms with E-state index in [1.165, 1.54) is 12.1 Å². The Balaban J connectivity index is 1.42. The second-order valence-corrected chi connectivity index (χ2v) is 9.87. The van der Waals surface area contributed by atoms with E-state index in [1.807, 2.05) is 4.68 Å². The van der Waals surface area contributed by atoms with Crippen LogP contribution in [0, 0.1) is 0 Å². The van der Waals surface area contributed by atoms with Crippen molar-refractivity contribution in [3.63, 3.8) is 0 Å². The van der Waals surface area contributed by atoms with Gasteiger partial charge in [-0.05, 0) is 24.3 Å². The molecule has 3 heterocycles. The fourth-order valence-corrected chi connectivity index (χ4v) is 4.35. The summed E-state index contributed by atoms with van der Waals surface area (Å²) in [5.41, 5.74) is 1.52. The van der Waals surface area contributed by atoms with Crippen LogP contribution < -0.4 is 9.64 Å². The average Bonchev–Trinajstić information content (AvgIpc) is 3.24. The van der Waals surface area contributed by atoms with Gasteiger partial charge in [-0.15, -0.1) is 18.3 Å². The Hall–Kier alpha value is -2.30. The van der Waals surface area contributed by atoms with Gasteiger partial charge in [0.1, 0.15) is 5.75 Å². The lowest BCUT2D eigenvalue weighted by molar-refractivity contribution is -0.274. The maximum atomic E-state index is 12.5. The fourth-order valence-electron chi connectivity index (χ4n) is 4.35. The van der Waals surface area contributed by atoms with Gasteiger partial charge < -0.3 is 14.4 Å². The lowest BCUT2D eigenvalue weighted by atomic mass is 9.92. The van der Waals surface area contributed by atoms with Gasteiger partial charge in [-0.25, -0.2) is 4.68 Å².